The number of aliphatic hydroxyl groups is 1. The van der Waals surface area contributed by atoms with E-state index in [1.54, 1.807) is 24.0 Å². The van der Waals surface area contributed by atoms with Crippen molar-refractivity contribution in [3.63, 3.8) is 0 Å². The molecular formula is C19H22N2O3. The van der Waals surface area contributed by atoms with Gasteiger partial charge >= 0.3 is 0 Å². The Kier molecular flexibility index (Phi) is 4.81. The first-order valence-electron chi connectivity index (χ1n) is 8.26. The molecule has 2 aromatic rings. The quantitative estimate of drug-likeness (QED) is 0.854. The number of aromatic amines is 1. The molecule has 24 heavy (non-hydrogen) atoms. The summed E-state index contributed by atoms with van der Waals surface area (Å²) in [4.78, 5) is 29.5. The van der Waals surface area contributed by atoms with E-state index in [2.05, 4.69) is 4.98 Å². The minimum absolute atomic E-state index is 0.0903. The van der Waals surface area contributed by atoms with E-state index in [1.807, 2.05) is 30.3 Å². The molecule has 1 amide bonds. The number of carbonyl (C=O) groups excluding carboxylic acids is 1. The Balaban J connectivity index is 1.93. The molecule has 1 atom stereocenters. The summed E-state index contributed by atoms with van der Waals surface area (Å²) in [6.45, 7) is 2.07. The van der Waals surface area contributed by atoms with Crippen LogP contribution in [0.2, 0.25) is 0 Å². The third kappa shape index (κ3) is 3.57. The van der Waals surface area contributed by atoms with E-state index < -0.39 is 0 Å². The number of benzene rings is 1. The van der Waals surface area contributed by atoms with Crippen LogP contribution in [0.5, 0.6) is 0 Å². The number of aryl methyl sites for hydroxylation is 1. The SMILES string of the molecule is Cc1ccc(C(=O)N(Cc2ccccc2)C(CO)C2CC2)c(=O)[nH]1. The molecule has 5 heteroatoms. The topological polar surface area (TPSA) is 73.4 Å². The number of carbonyl (C=O) groups is 1. The van der Waals surface area contributed by atoms with E-state index in [1.165, 1.54) is 0 Å². The van der Waals surface area contributed by atoms with Gasteiger partial charge in [-0.2, -0.15) is 0 Å². The van der Waals surface area contributed by atoms with Gasteiger partial charge < -0.3 is 15.0 Å². The van der Waals surface area contributed by atoms with Gasteiger partial charge in [-0.15, -0.1) is 0 Å². The predicted octanol–water partition coefficient (Wildman–Crippen LogP) is 2.10. The van der Waals surface area contributed by atoms with E-state index in [-0.39, 0.29) is 29.7 Å². The average molecular weight is 326 g/mol. The van der Waals surface area contributed by atoms with Crippen molar-refractivity contribution in [2.24, 2.45) is 5.92 Å². The first-order valence-corrected chi connectivity index (χ1v) is 8.26. The summed E-state index contributed by atoms with van der Waals surface area (Å²) in [6.07, 6.45) is 2.02. The van der Waals surface area contributed by atoms with Crippen LogP contribution in [0.1, 0.15) is 34.5 Å². The van der Waals surface area contributed by atoms with Gasteiger partial charge in [-0.05, 0) is 43.4 Å². The Morgan fingerprint density at radius 2 is 1.96 bits per heavy atom. The van der Waals surface area contributed by atoms with Gasteiger partial charge in [0.1, 0.15) is 5.56 Å². The summed E-state index contributed by atoms with van der Waals surface area (Å²) < 4.78 is 0. The largest absolute Gasteiger partial charge is 0.394 e. The van der Waals surface area contributed by atoms with Crippen molar-refractivity contribution < 1.29 is 9.90 Å². The lowest BCUT2D eigenvalue weighted by Crippen LogP contribution is -2.45. The number of nitrogens with zero attached hydrogens (tertiary/aromatic N) is 1. The summed E-state index contributed by atoms with van der Waals surface area (Å²) in [5.41, 5.74) is 1.43. The maximum absolute atomic E-state index is 13.0. The van der Waals surface area contributed by atoms with E-state index >= 15 is 0 Å². The van der Waals surface area contributed by atoms with E-state index in [0.29, 0.717) is 18.2 Å². The fourth-order valence-electron chi connectivity index (χ4n) is 3.00. The zero-order chi connectivity index (χ0) is 17.1. The standard InChI is InChI=1S/C19H22N2O3/c1-13-7-10-16(18(23)20-13)19(24)21(17(12-22)15-8-9-15)11-14-5-3-2-4-6-14/h2-7,10,15,17,22H,8-9,11-12H2,1H3,(H,20,23). The smallest absolute Gasteiger partial charge is 0.260 e. The van der Waals surface area contributed by atoms with E-state index in [4.69, 9.17) is 0 Å². The monoisotopic (exact) mass is 326 g/mol. The molecule has 1 fully saturated rings. The highest BCUT2D eigenvalue weighted by Crippen LogP contribution is 2.36. The van der Waals surface area contributed by atoms with E-state index in [9.17, 15) is 14.7 Å². The summed E-state index contributed by atoms with van der Waals surface area (Å²) in [6, 6.07) is 12.7. The first kappa shape index (κ1) is 16.5. The molecule has 1 unspecified atom stereocenters. The van der Waals surface area contributed by atoms with Crippen molar-refractivity contribution in [2.75, 3.05) is 6.61 Å². The lowest BCUT2D eigenvalue weighted by molar-refractivity contribution is 0.0529. The van der Waals surface area contributed by atoms with Crippen LogP contribution in [0.15, 0.2) is 47.3 Å². The Morgan fingerprint density at radius 3 is 2.54 bits per heavy atom. The maximum Gasteiger partial charge on any atom is 0.260 e. The van der Waals surface area contributed by atoms with Crippen LogP contribution in [0.3, 0.4) is 0 Å². The highest BCUT2D eigenvalue weighted by Gasteiger charge is 2.37. The van der Waals surface area contributed by atoms with Gasteiger partial charge in [-0.3, -0.25) is 9.59 Å². The number of nitrogens with one attached hydrogen (secondary N) is 1. The summed E-state index contributed by atoms with van der Waals surface area (Å²) in [5, 5.41) is 9.81. The molecule has 0 bridgehead atoms. The lowest BCUT2D eigenvalue weighted by atomic mass is 10.1. The molecule has 2 N–H and O–H groups in total. The Morgan fingerprint density at radius 1 is 1.25 bits per heavy atom. The Hall–Kier alpha value is -2.40. The highest BCUT2D eigenvalue weighted by atomic mass is 16.3. The molecule has 126 valence electrons. The predicted molar refractivity (Wildman–Crippen MR) is 91.7 cm³/mol. The van der Waals surface area contributed by atoms with Gasteiger partial charge in [0.05, 0.1) is 12.6 Å². The lowest BCUT2D eigenvalue weighted by Gasteiger charge is -2.31. The van der Waals surface area contributed by atoms with Crippen molar-refractivity contribution in [3.05, 3.63) is 69.6 Å². The molecule has 1 saturated carbocycles. The fraction of sp³-hybridized carbons (Fsp3) is 0.368. The zero-order valence-electron chi connectivity index (χ0n) is 13.7. The molecule has 0 spiro atoms. The maximum atomic E-state index is 13.0. The molecule has 1 aliphatic carbocycles. The number of rotatable bonds is 6. The normalized spacial score (nSPS) is 15.1. The molecular weight excluding hydrogens is 304 g/mol. The Bertz CT molecular complexity index is 766. The Labute approximate surface area is 140 Å². The number of aromatic nitrogens is 1. The van der Waals surface area contributed by atoms with Crippen molar-refractivity contribution in [1.29, 1.82) is 0 Å². The molecule has 1 aromatic heterocycles. The second-order valence-corrected chi connectivity index (χ2v) is 6.39. The van der Waals surface area contributed by atoms with Crippen molar-refractivity contribution in [2.45, 2.75) is 32.4 Å². The van der Waals surface area contributed by atoms with Gasteiger partial charge in [0.25, 0.3) is 11.5 Å². The van der Waals surface area contributed by atoms with Crippen LogP contribution in [-0.4, -0.2) is 33.5 Å². The number of pyridine rings is 1. The summed E-state index contributed by atoms with van der Waals surface area (Å²) in [7, 11) is 0. The van der Waals surface area contributed by atoms with Crippen LogP contribution in [0.25, 0.3) is 0 Å². The highest BCUT2D eigenvalue weighted by molar-refractivity contribution is 5.94. The van der Waals surface area contributed by atoms with Gasteiger partial charge in [-0.25, -0.2) is 0 Å². The van der Waals surface area contributed by atoms with Crippen molar-refractivity contribution >= 4 is 5.91 Å². The van der Waals surface area contributed by atoms with Crippen LogP contribution in [-0.2, 0) is 6.54 Å². The molecule has 3 rings (SSSR count). The van der Waals surface area contributed by atoms with E-state index in [0.717, 1.165) is 18.4 Å². The average Bonchev–Trinajstić information content (AvgIpc) is 3.40. The fourth-order valence-corrected chi connectivity index (χ4v) is 3.00. The third-order valence-corrected chi connectivity index (χ3v) is 4.50. The van der Waals surface area contributed by atoms with Gasteiger partial charge in [0, 0.05) is 12.2 Å². The summed E-state index contributed by atoms with van der Waals surface area (Å²) in [5.74, 6) is -0.0155. The summed E-state index contributed by atoms with van der Waals surface area (Å²) >= 11 is 0. The molecule has 5 nitrogen and oxygen atoms in total. The second kappa shape index (κ2) is 7.01. The van der Waals surface area contributed by atoms with Gasteiger partial charge in [-0.1, -0.05) is 30.3 Å². The number of amides is 1. The molecule has 0 aliphatic heterocycles. The van der Waals surface area contributed by atoms with Gasteiger partial charge in [0.15, 0.2) is 0 Å². The zero-order valence-corrected chi connectivity index (χ0v) is 13.7. The van der Waals surface area contributed by atoms with Crippen LogP contribution < -0.4 is 5.56 Å². The number of H-pyrrole nitrogens is 1. The van der Waals surface area contributed by atoms with Crippen LogP contribution in [0.4, 0.5) is 0 Å². The molecule has 0 radical (unpaired) electrons. The number of aliphatic hydroxyl groups excluding tert-OH is 1. The number of hydrogen-bond donors (Lipinski definition) is 2. The van der Waals surface area contributed by atoms with Crippen molar-refractivity contribution in [1.82, 2.24) is 9.88 Å². The first-order chi connectivity index (χ1) is 11.6. The molecule has 1 heterocycles. The molecule has 1 aromatic carbocycles. The second-order valence-electron chi connectivity index (χ2n) is 6.39. The minimum Gasteiger partial charge on any atom is -0.394 e. The van der Waals surface area contributed by atoms with Crippen LogP contribution >= 0.6 is 0 Å². The van der Waals surface area contributed by atoms with Crippen molar-refractivity contribution in [3.8, 4) is 0 Å². The molecule has 1 aliphatic rings. The number of hydrogen-bond acceptors (Lipinski definition) is 3. The molecule has 0 saturated heterocycles. The van der Waals surface area contributed by atoms with Crippen LogP contribution in [0, 0.1) is 12.8 Å². The third-order valence-electron chi connectivity index (χ3n) is 4.50. The minimum atomic E-state index is -0.384. The van der Waals surface area contributed by atoms with Gasteiger partial charge in [0.2, 0.25) is 0 Å².